The summed E-state index contributed by atoms with van der Waals surface area (Å²) in [6.07, 6.45) is 9.41. The second-order valence-electron chi connectivity index (χ2n) is 8.66. The van der Waals surface area contributed by atoms with Crippen LogP contribution in [0, 0.1) is 0 Å². The number of anilines is 1. The van der Waals surface area contributed by atoms with Gasteiger partial charge in [-0.25, -0.2) is 0 Å². The first-order valence-electron chi connectivity index (χ1n) is 12.6. The van der Waals surface area contributed by atoms with Crippen LogP contribution in [0.25, 0.3) is 5.57 Å². The molecule has 3 nitrogen and oxygen atoms in total. The molecular weight excluding hydrogens is 483 g/mol. The number of halogens is 3. The van der Waals surface area contributed by atoms with Crippen LogP contribution in [-0.2, 0) is 0 Å². The highest BCUT2D eigenvalue weighted by Crippen LogP contribution is 2.31. The van der Waals surface area contributed by atoms with E-state index in [9.17, 15) is 13.2 Å². The molecule has 1 aliphatic heterocycles. The molecular formula is C32H40F3N3. The van der Waals surface area contributed by atoms with Crippen LogP contribution >= 0.6 is 0 Å². The van der Waals surface area contributed by atoms with E-state index in [-0.39, 0.29) is 6.92 Å². The van der Waals surface area contributed by atoms with Crippen molar-refractivity contribution in [1.29, 1.82) is 0 Å². The Bertz CT molecular complexity index is 1100. The first-order chi connectivity index (χ1) is 18.0. The van der Waals surface area contributed by atoms with E-state index in [2.05, 4.69) is 104 Å². The van der Waals surface area contributed by atoms with Crippen molar-refractivity contribution in [3.05, 3.63) is 121 Å². The van der Waals surface area contributed by atoms with Gasteiger partial charge in [0.05, 0.1) is 5.71 Å². The maximum Gasteiger partial charge on any atom is 0.386 e. The summed E-state index contributed by atoms with van der Waals surface area (Å²) in [4.78, 5) is 4.75. The zero-order chi connectivity index (χ0) is 28.4. The van der Waals surface area contributed by atoms with Gasteiger partial charge in [0.15, 0.2) is 0 Å². The van der Waals surface area contributed by atoms with E-state index >= 15 is 0 Å². The van der Waals surface area contributed by atoms with Crippen molar-refractivity contribution in [3.8, 4) is 0 Å². The number of allylic oxidation sites excluding steroid dienone is 6. The Morgan fingerprint density at radius 3 is 2.13 bits per heavy atom. The predicted molar refractivity (Wildman–Crippen MR) is 158 cm³/mol. The van der Waals surface area contributed by atoms with E-state index in [4.69, 9.17) is 4.99 Å². The van der Waals surface area contributed by atoms with E-state index in [1.54, 1.807) is 6.20 Å². The molecule has 0 bridgehead atoms. The molecule has 38 heavy (non-hydrogen) atoms. The van der Waals surface area contributed by atoms with Crippen molar-refractivity contribution in [3.63, 3.8) is 0 Å². The normalized spacial score (nSPS) is 12.9. The quantitative estimate of drug-likeness (QED) is 0.240. The van der Waals surface area contributed by atoms with E-state index in [0.717, 1.165) is 48.6 Å². The van der Waals surface area contributed by atoms with Crippen molar-refractivity contribution >= 4 is 17.0 Å². The Balaban J connectivity index is 0.000000378. The number of hydrogen-bond donors (Lipinski definition) is 2. The summed E-state index contributed by atoms with van der Waals surface area (Å²) in [5.74, 6) is 0. The van der Waals surface area contributed by atoms with Crippen LogP contribution in [-0.4, -0.2) is 18.4 Å². The monoisotopic (exact) mass is 523 g/mol. The molecule has 1 aliphatic rings. The Morgan fingerprint density at radius 2 is 1.58 bits per heavy atom. The SMILES string of the molecule is C=C(C)Nc1ccc(C2=C(C)N=C(c3ccccc3)C2)cc1.C=CNC/C=C/CC/C=C\C.CC(F)(F)F. The van der Waals surface area contributed by atoms with Gasteiger partial charge in [0.1, 0.15) is 0 Å². The van der Waals surface area contributed by atoms with Gasteiger partial charge in [0, 0.05) is 37.0 Å². The fraction of sp³-hybridized carbons (Fsp3) is 0.281. The fourth-order valence-electron chi connectivity index (χ4n) is 3.43. The third-order valence-corrected chi connectivity index (χ3v) is 5.06. The van der Waals surface area contributed by atoms with Crippen LogP contribution in [0.5, 0.6) is 0 Å². The van der Waals surface area contributed by atoms with Crippen LogP contribution in [0.15, 0.2) is 115 Å². The van der Waals surface area contributed by atoms with E-state index in [1.165, 1.54) is 16.7 Å². The fourth-order valence-corrected chi connectivity index (χ4v) is 3.43. The van der Waals surface area contributed by atoms with Crippen molar-refractivity contribution in [2.45, 2.75) is 53.1 Å². The van der Waals surface area contributed by atoms with Gasteiger partial charge >= 0.3 is 6.18 Å². The molecule has 0 amide bonds. The summed E-state index contributed by atoms with van der Waals surface area (Å²) >= 11 is 0. The summed E-state index contributed by atoms with van der Waals surface area (Å²) < 4.78 is 31.1. The van der Waals surface area contributed by atoms with Crippen LogP contribution in [0.4, 0.5) is 18.9 Å². The molecule has 0 atom stereocenters. The number of nitrogens with one attached hydrogen (secondary N) is 2. The molecule has 0 aromatic heterocycles. The number of nitrogens with zero attached hydrogens (tertiary/aromatic N) is 1. The van der Waals surface area contributed by atoms with E-state index in [1.807, 2.05) is 19.9 Å². The lowest BCUT2D eigenvalue weighted by molar-refractivity contribution is -0.110. The van der Waals surface area contributed by atoms with Gasteiger partial charge in [-0.1, -0.05) is 79.9 Å². The first kappa shape index (κ1) is 32.2. The number of aliphatic imine (C=N–C) groups is 1. The zero-order valence-corrected chi connectivity index (χ0v) is 22.9. The molecule has 2 aromatic rings. The van der Waals surface area contributed by atoms with Gasteiger partial charge in [-0.05, 0) is 68.6 Å². The molecule has 0 radical (unpaired) electrons. The molecule has 1 heterocycles. The molecule has 0 aliphatic carbocycles. The molecule has 6 heteroatoms. The second kappa shape index (κ2) is 17.6. The standard InChI is InChI=1S/C20H20N2.C10H17N.C2H3F3/c1-14(2)21-18-11-9-16(10-12-18)19-13-20(22-15(19)3)17-7-5-4-6-8-17;1-3-5-6-7-8-9-10-11-4-2;1-2(3,4)5/h4-12,21H,1,13H2,2-3H3;3-5,8-9,11H,2,6-7,10H2,1H3;1H3/b;5-3-,9-8+;. The smallest absolute Gasteiger partial charge is 0.386 e. The maximum absolute atomic E-state index is 10.4. The Labute approximate surface area is 226 Å². The third kappa shape index (κ3) is 14.7. The van der Waals surface area contributed by atoms with E-state index in [0.29, 0.717) is 0 Å². The van der Waals surface area contributed by atoms with Gasteiger partial charge in [0.25, 0.3) is 0 Å². The summed E-state index contributed by atoms with van der Waals surface area (Å²) in [6, 6.07) is 18.9. The number of benzene rings is 2. The highest BCUT2D eigenvalue weighted by molar-refractivity contribution is 6.09. The van der Waals surface area contributed by atoms with Crippen molar-refractivity contribution in [1.82, 2.24) is 5.32 Å². The number of hydrogen-bond acceptors (Lipinski definition) is 3. The van der Waals surface area contributed by atoms with E-state index < -0.39 is 6.18 Å². The predicted octanol–water partition coefficient (Wildman–Crippen LogP) is 9.46. The molecule has 0 unspecified atom stereocenters. The molecule has 204 valence electrons. The summed E-state index contributed by atoms with van der Waals surface area (Å²) in [5.41, 5.74) is 8.02. The zero-order valence-electron chi connectivity index (χ0n) is 22.9. The maximum atomic E-state index is 10.4. The van der Waals surface area contributed by atoms with Crippen molar-refractivity contribution in [2.75, 3.05) is 11.9 Å². The number of rotatable bonds is 10. The average molecular weight is 524 g/mol. The van der Waals surface area contributed by atoms with Crippen LogP contribution in [0.3, 0.4) is 0 Å². The Kier molecular flexibility index (Phi) is 14.9. The second-order valence-corrected chi connectivity index (χ2v) is 8.66. The average Bonchev–Trinajstić information content (AvgIpc) is 3.25. The first-order valence-corrected chi connectivity index (χ1v) is 12.6. The minimum absolute atomic E-state index is 0.188. The third-order valence-electron chi connectivity index (χ3n) is 5.06. The summed E-state index contributed by atoms with van der Waals surface area (Å²) in [6.45, 7) is 14.6. The van der Waals surface area contributed by atoms with Crippen LogP contribution < -0.4 is 10.6 Å². The van der Waals surface area contributed by atoms with Gasteiger partial charge in [-0.15, -0.1) is 0 Å². The van der Waals surface area contributed by atoms with Crippen LogP contribution in [0.1, 0.15) is 58.1 Å². The topological polar surface area (TPSA) is 36.4 Å². The highest BCUT2D eigenvalue weighted by Gasteiger charge is 2.18. The lowest BCUT2D eigenvalue weighted by atomic mass is 9.98. The lowest BCUT2D eigenvalue weighted by Crippen LogP contribution is -2.01. The van der Waals surface area contributed by atoms with Gasteiger partial charge in [-0.2, -0.15) is 13.2 Å². The van der Waals surface area contributed by atoms with Crippen molar-refractivity contribution < 1.29 is 13.2 Å². The molecule has 2 aromatic carbocycles. The summed E-state index contributed by atoms with van der Waals surface area (Å²) in [5, 5.41) is 6.23. The minimum atomic E-state index is -4.00. The highest BCUT2D eigenvalue weighted by atomic mass is 19.4. The minimum Gasteiger partial charge on any atom is -0.388 e. The molecule has 0 saturated carbocycles. The number of alkyl halides is 3. The Morgan fingerprint density at radius 1 is 0.974 bits per heavy atom. The van der Waals surface area contributed by atoms with Gasteiger partial charge < -0.3 is 10.6 Å². The molecule has 3 rings (SSSR count). The molecule has 0 fully saturated rings. The Hall–Kier alpha value is -3.80. The number of unbranched alkanes of at least 4 members (excludes halogenated alkanes) is 1. The largest absolute Gasteiger partial charge is 0.388 e. The van der Waals surface area contributed by atoms with Gasteiger partial charge in [-0.3, -0.25) is 4.99 Å². The van der Waals surface area contributed by atoms with Crippen LogP contribution in [0.2, 0.25) is 0 Å². The van der Waals surface area contributed by atoms with Gasteiger partial charge in [0.2, 0.25) is 0 Å². The molecule has 0 saturated heterocycles. The molecule has 2 N–H and O–H groups in total. The van der Waals surface area contributed by atoms with Crippen molar-refractivity contribution in [2.24, 2.45) is 4.99 Å². The summed E-state index contributed by atoms with van der Waals surface area (Å²) in [7, 11) is 0. The molecule has 0 spiro atoms. The lowest BCUT2D eigenvalue weighted by Gasteiger charge is -2.08.